The molecule has 0 amide bonds. The summed E-state index contributed by atoms with van der Waals surface area (Å²) in [5.74, 6) is 0.195. The molecular formula is C11H11NO3. The van der Waals surface area contributed by atoms with E-state index in [2.05, 4.69) is 5.48 Å². The summed E-state index contributed by atoms with van der Waals surface area (Å²) in [6, 6.07) is 7.29. The van der Waals surface area contributed by atoms with Crippen LogP contribution in [-0.2, 0) is 9.63 Å². The molecule has 1 aromatic rings. The van der Waals surface area contributed by atoms with Crippen molar-refractivity contribution < 1.29 is 14.4 Å². The third-order valence-electron chi connectivity index (χ3n) is 2.01. The first-order chi connectivity index (χ1) is 7.27. The Hall–Kier alpha value is -1.81. The predicted octanol–water partition coefficient (Wildman–Crippen LogP) is 1.70. The average Bonchev–Trinajstić information content (AvgIpc) is 2.70. The summed E-state index contributed by atoms with van der Waals surface area (Å²) in [6.45, 7) is 1.38. The molecule has 0 bridgehead atoms. The molecule has 1 N–H and O–H groups in total. The zero-order chi connectivity index (χ0) is 10.7. The summed E-state index contributed by atoms with van der Waals surface area (Å²) in [5, 5.41) is 0. The van der Waals surface area contributed by atoms with Crippen molar-refractivity contribution in [3.05, 3.63) is 42.1 Å². The Morgan fingerprint density at radius 2 is 2.27 bits per heavy atom. The Kier molecular flexibility index (Phi) is 2.69. The zero-order valence-electron chi connectivity index (χ0n) is 8.27. The van der Waals surface area contributed by atoms with Crippen LogP contribution < -0.4 is 10.2 Å². The van der Waals surface area contributed by atoms with Crippen molar-refractivity contribution in [3.63, 3.8) is 0 Å². The molecule has 1 aromatic carbocycles. The molecule has 78 valence electrons. The predicted molar refractivity (Wildman–Crippen MR) is 53.9 cm³/mol. The number of ether oxygens (including phenoxy) is 1. The maximum absolute atomic E-state index is 10.9. The summed E-state index contributed by atoms with van der Waals surface area (Å²) in [4.78, 5) is 16.1. The number of carbonyl (C=O) groups is 1. The second-order valence-corrected chi connectivity index (χ2v) is 3.15. The SMILES string of the molecule is CC(=O)Oc1ccccc1C1C=CNO1. The van der Waals surface area contributed by atoms with E-state index in [9.17, 15) is 4.79 Å². The fourth-order valence-electron chi connectivity index (χ4n) is 1.41. The number of benzene rings is 1. The lowest BCUT2D eigenvalue weighted by molar-refractivity contribution is -0.132. The van der Waals surface area contributed by atoms with Crippen LogP contribution in [0.3, 0.4) is 0 Å². The van der Waals surface area contributed by atoms with Gasteiger partial charge in [0.1, 0.15) is 11.9 Å². The molecule has 1 heterocycles. The van der Waals surface area contributed by atoms with Crippen LogP contribution >= 0.6 is 0 Å². The van der Waals surface area contributed by atoms with E-state index in [0.717, 1.165) is 5.56 Å². The highest BCUT2D eigenvalue weighted by Crippen LogP contribution is 2.29. The Bertz CT molecular complexity index is 401. The minimum atomic E-state index is -0.336. The highest BCUT2D eigenvalue weighted by atomic mass is 16.7. The monoisotopic (exact) mass is 205 g/mol. The molecule has 4 heteroatoms. The Labute approximate surface area is 87.5 Å². The number of nitrogens with one attached hydrogen (secondary N) is 1. The van der Waals surface area contributed by atoms with Crippen molar-refractivity contribution in [2.45, 2.75) is 13.0 Å². The van der Waals surface area contributed by atoms with Gasteiger partial charge in [0, 0.05) is 18.7 Å². The highest BCUT2D eigenvalue weighted by Gasteiger charge is 2.17. The van der Waals surface area contributed by atoms with Crippen molar-refractivity contribution in [2.75, 3.05) is 0 Å². The van der Waals surface area contributed by atoms with E-state index in [4.69, 9.17) is 9.57 Å². The summed E-state index contributed by atoms with van der Waals surface area (Å²) in [6.07, 6.45) is 3.35. The standard InChI is InChI=1S/C11H11NO3/c1-8(13)14-10-5-3-2-4-9(10)11-6-7-12-15-11/h2-7,11-12H,1H3. The third-order valence-corrected chi connectivity index (χ3v) is 2.01. The van der Waals surface area contributed by atoms with Gasteiger partial charge in [-0.1, -0.05) is 18.2 Å². The molecule has 4 nitrogen and oxygen atoms in total. The molecule has 1 aliphatic heterocycles. The summed E-state index contributed by atoms with van der Waals surface area (Å²) < 4.78 is 5.08. The van der Waals surface area contributed by atoms with Crippen LogP contribution in [0.25, 0.3) is 0 Å². The van der Waals surface area contributed by atoms with E-state index in [1.807, 2.05) is 24.3 Å². The highest BCUT2D eigenvalue weighted by molar-refractivity contribution is 5.69. The van der Waals surface area contributed by atoms with Gasteiger partial charge in [-0.3, -0.25) is 15.1 Å². The summed E-state index contributed by atoms with van der Waals surface area (Å²) in [7, 11) is 0. The Balaban J connectivity index is 2.28. The summed E-state index contributed by atoms with van der Waals surface area (Å²) >= 11 is 0. The van der Waals surface area contributed by atoms with Gasteiger partial charge in [-0.2, -0.15) is 0 Å². The van der Waals surface area contributed by atoms with Gasteiger partial charge in [0.2, 0.25) is 0 Å². The van der Waals surface area contributed by atoms with E-state index in [-0.39, 0.29) is 12.1 Å². The maximum atomic E-state index is 10.9. The van der Waals surface area contributed by atoms with Crippen LogP contribution in [0, 0.1) is 0 Å². The second kappa shape index (κ2) is 4.14. The van der Waals surface area contributed by atoms with Crippen LogP contribution in [0.1, 0.15) is 18.6 Å². The van der Waals surface area contributed by atoms with Crippen LogP contribution in [-0.4, -0.2) is 5.97 Å². The minimum Gasteiger partial charge on any atom is -0.426 e. The number of carbonyl (C=O) groups excluding carboxylic acids is 1. The van der Waals surface area contributed by atoms with Gasteiger partial charge in [-0.05, 0) is 12.1 Å². The summed E-state index contributed by atoms with van der Waals surface area (Å²) in [5.41, 5.74) is 3.46. The number of hydrogen-bond donors (Lipinski definition) is 1. The van der Waals surface area contributed by atoms with E-state index in [1.54, 1.807) is 12.3 Å². The average molecular weight is 205 g/mol. The van der Waals surface area contributed by atoms with Crippen LogP contribution in [0.2, 0.25) is 0 Å². The largest absolute Gasteiger partial charge is 0.426 e. The molecule has 1 aliphatic rings. The molecule has 0 fully saturated rings. The topological polar surface area (TPSA) is 47.6 Å². The van der Waals surface area contributed by atoms with E-state index >= 15 is 0 Å². The fraction of sp³-hybridized carbons (Fsp3) is 0.182. The first-order valence-corrected chi connectivity index (χ1v) is 4.62. The van der Waals surface area contributed by atoms with Gasteiger partial charge in [0.25, 0.3) is 0 Å². The van der Waals surface area contributed by atoms with Gasteiger partial charge >= 0.3 is 5.97 Å². The molecule has 0 saturated carbocycles. The van der Waals surface area contributed by atoms with E-state index in [1.165, 1.54) is 6.92 Å². The Morgan fingerprint density at radius 1 is 1.47 bits per heavy atom. The number of hydroxylamine groups is 1. The molecule has 0 aromatic heterocycles. The first-order valence-electron chi connectivity index (χ1n) is 4.62. The van der Waals surface area contributed by atoms with Crippen LogP contribution in [0.4, 0.5) is 0 Å². The maximum Gasteiger partial charge on any atom is 0.308 e. The molecule has 1 atom stereocenters. The van der Waals surface area contributed by atoms with Gasteiger partial charge in [0.15, 0.2) is 0 Å². The van der Waals surface area contributed by atoms with Crippen molar-refractivity contribution in [3.8, 4) is 5.75 Å². The number of hydrogen-bond acceptors (Lipinski definition) is 4. The lowest BCUT2D eigenvalue weighted by Gasteiger charge is -2.12. The molecule has 1 unspecified atom stereocenters. The fourth-order valence-corrected chi connectivity index (χ4v) is 1.41. The van der Waals surface area contributed by atoms with Crippen molar-refractivity contribution in [2.24, 2.45) is 0 Å². The van der Waals surface area contributed by atoms with Crippen molar-refractivity contribution >= 4 is 5.97 Å². The van der Waals surface area contributed by atoms with Crippen molar-refractivity contribution in [1.82, 2.24) is 5.48 Å². The van der Waals surface area contributed by atoms with E-state index in [0.29, 0.717) is 5.75 Å². The first kappa shape index (κ1) is 9.73. The lowest BCUT2D eigenvalue weighted by atomic mass is 10.1. The van der Waals surface area contributed by atoms with Crippen LogP contribution in [0.5, 0.6) is 5.75 Å². The van der Waals surface area contributed by atoms with Gasteiger partial charge < -0.3 is 4.74 Å². The Morgan fingerprint density at radius 3 is 2.93 bits per heavy atom. The minimum absolute atomic E-state index is 0.208. The second-order valence-electron chi connectivity index (χ2n) is 3.15. The number of esters is 1. The normalized spacial score (nSPS) is 18.6. The third kappa shape index (κ3) is 2.16. The van der Waals surface area contributed by atoms with E-state index < -0.39 is 0 Å². The van der Waals surface area contributed by atoms with Gasteiger partial charge in [0.05, 0.1) is 0 Å². The number of rotatable bonds is 2. The molecule has 2 rings (SSSR count). The molecule has 0 spiro atoms. The van der Waals surface area contributed by atoms with Crippen molar-refractivity contribution in [1.29, 1.82) is 0 Å². The van der Waals surface area contributed by atoms with Gasteiger partial charge in [-0.15, -0.1) is 0 Å². The van der Waals surface area contributed by atoms with Gasteiger partial charge in [-0.25, -0.2) is 0 Å². The molecule has 0 saturated heterocycles. The van der Waals surface area contributed by atoms with Crippen LogP contribution in [0.15, 0.2) is 36.5 Å². The molecule has 0 aliphatic carbocycles. The molecular weight excluding hydrogens is 194 g/mol. The molecule has 15 heavy (non-hydrogen) atoms. The quantitative estimate of drug-likeness (QED) is 0.589. The molecule has 0 radical (unpaired) electrons. The number of para-hydroxylation sites is 1. The zero-order valence-corrected chi connectivity index (χ0v) is 8.27. The lowest BCUT2D eigenvalue weighted by Crippen LogP contribution is -2.08. The smallest absolute Gasteiger partial charge is 0.308 e.